The molecular formula is C55H38Cl2O3. The minimum atomic E-state index is -0.114. The summed E-state index contributed by atoms with van der Waals surface area (Å²) < 4.78 is 0. The maximum absolute atomic E-state index is 14.7. The molecular weight excluding hydrogens is 780 g/mol. The van der Waals surface area contributed by atoms with Gasteiger partial charge in [-0.1, -0.05) is 157 Å². The van der Waals surface area contributed by atoms with Gasteiger partial charge in [-0.3, -0.25) is 14.4 Å². The molecule has 3 aliphatic rings. The quantitative estimate of drug-likeness (QED) is 0.144. The van der Waals surface area contributed by atoms with E-state index in [0.29, 0.717) is 62.7 Å². The SMILES string of the molecule is C=C1CC(c2cc(Cl)cc(C=C3CC(c4ccccc4Cl)=C(c4cccc(/C=C5/CC(c6ccc(C)cc6)=C(c6ccccc6)C5=O)c4)C3=O)c2)=C(c2ccccc2)C1=O. The first-order chi connectivity index (χ1) is 29.1. The average molecular weight is 818 g/mol. The Morgan fingerprint density at radius 3 is 1.67 bits per heavy atom. The van der Waals surface area contributed by atoms with Gasteiger partial charge < -0.3 is 0 Å². The predicted molar refractivity (Wildman–Crippen MR) is 248 cm³/mol. The second-order valence-corrected chi connectivity index (χ2v) is 16.3. The van der Waals surface area contributed by atoms with Crippen molar-refractivity contribution < 1.29 is 14.4 Å². The lowest BCUT2D eigenvalue weighted by Crippen LogP contribution is -2.01. The fraction of sp³-hybridized carbons (Fsp3) is 0.0727. The minimum Gasteiger partial charge on any atom is -0.289 e. The van der Waals surface area contributed by atoms with Crippen molar-refractivity contribution in [3.63, 3.8) is 0 Å². The molecule has 0 amide bonds. The zero-order valence-electron chi connectivity index (χ0n) is 32.9. The summed E-state index contributed by atoms with van der Waals surface area (Å²) >= 11 is 13.6. The number of allylic oxidation sites excluding steroid dienone is 9. The van der Waals surface area contributed by atoms with Crippen LogP contribution in [-0.2, 0) is 14.4 Å². The van der Waals surface area contributed by atoms with Crippen molar-refractivity contribution in [2.75, 3.05) is 0 Å². The Morgan fingerprint density at radius 1 is 0.467 bits per heavy atom. The molecule has 0 radical (unpaired) electrons. The van der Waals surface area contributed by atoms with Crippen LogP contribution in [0.3, 0.4) is 0 Å². The maximum Gasteiger partial charge on any atom is 0.190 e. The van der Waals surface area contributed by atoms with Crippen molar-refractivity contribution in [2.24, 2.45) is 0 Å². The van der Waals surface area contributed by atoms with E-state index in [2.05, 4.69) is 37.8 Å². The van der Waals surface area contributed by atoms with Gasteiger partial charge in [0.25, 0.3) is 0 Å². The number of aryl methyl sites for hydroxylation is 1. The molecule has 0 aromatic heterocycles. The second kappa shape index (κ2) is 16.2. The van der Waals surface area contributed by atoms with E-state index in [-0.39, 0.29) is 17.3 Å². The number of hydrogen-bond donors (Lipinski definition) is 0. The van der Waals surface area contributed by atoms with Gasteiger partial charge in [0.2, 0.25) is 0 Å². The van der Waals surface area contributed by atoms with E-state index < -0.39 is 0 Å². The molecule has 0 unspecified atom stereocenters. The van der Waals surface area contributed by atoms with Gasteiger partial charge in [-0.15, -0.1) is 0 Å². The van der Waals surface area contributed by atoms with Gasteiger partial charge in [-0.2, -0.15) is 0 Å². The van der Waals surface area contributed by atoms with Crippen molar-refractivity contribution in [1.82, 2.24) is 0 Å². The van der Waals surface area contributed by atoms with Crippen LogP contribution in [0.15, 0.2) is 175 Å². The lowest BCUT2D eigenvalue weighted by atomic mass is 9.94. The molecule has 0 heterocycles. The number of hydrogen-bond acceptors (Lipinski definition) is 3. The summed E-state index contributed by atoms with van der Waals surface area (Å²) in [6.07, 6.45) is 5.10. The van der Waals surface area contributed by atoms with E-state index >= 15 is 0 Å². The zero-order valence-corrected chi connectivity index (χ0v) is 34.4. The van der Waals surface area contributed by atoms with Crippen LogP contribution in [0.1, 0.15) is 69.3 Å². The molecule has 6 aromatic rings. The Labute approximate surface area is 360 Å². The number of Topliss-reactive ketones (excluding diaryl/α,β-unsaturated/α-hetero) is 3. The summed E-state index contributed by atoms with van der Waals surface area (Å²) in [5.74, 6) is -0.189. The third-order valence-corrected chi connectivity index (χ3v) is 12.0. The number of carbonyl (C=O) groups is 3. The fourth-order valence-corrected chi connectivity index (χ4v) is 9.10. The van der Waals surface area contributed by atoms with E-state index in [1.165, 1.54) is 0 Å². The number of halogens is 2. The average Bonchev–Trinajstić information content (AvgIpc) is 3.87. The molecule has 0 fully saturated rings. The Balaban J connectivity index is 1.10. The Bertz CT molecular complexity index is 2960. The zero-order chi connectivity index (χ0) is 41.5. The van der Waals surface area contributed by atoms with Gasteiger partial charge in [-0.25, -0.2) is 0 Å². The molecule has 6 aromatic carbocycles. The highest BCUT2D eigenvalue weighted by Crippen LogP contribution is 2.46. The number of rotatable bonds is 8. The van der Waals surface area contributed by atoms with Gasteiger partial charge in [0.15, 0.2) is 17.3 Å². The standard InChI is InChI=1S/C55H38Cl2O3/c1-33-20-22-37(23-21-33)47-31-42(54(59)51(47)39-15-7-4-8-16-39)26-35-12-11-17-40(25-35)52-48(45-18-9-10-19-49(45)57)32-43(55(52)60)28-36-27-41(30-44(56)29-36)46-24-34(2)53(58)50(46)38-13-5-3-6-14-38/h3-23,25-30H,2,24,31-32H2,1H3/b42-26-,43-28?. The largest absolute Gasteiger partial charge is 0.289 e. The molecule has 290 valence electrons. The Hall–Kier alpha value is -6.65. The number of benzene rings is 6. The number of carbonyl (C=O) groups excluding carboxylic acids is 3. The summed E-state index contributed by atoms with van der Waals surface area (Å²) in [7, 11) is 0. The first-order valence-electron chi connectivity index (χ1n) is 19.9. The van der Waals surface area contributed by atoms with Gasteiger partial charge in [0.05, 0.1) is 0 Å². The molecule has 0 aliphatic heterocycles. The summed E-state index contributed by atoms with van der Waals surface area (Å²) in [4.78, 5) is 42.4. The van der Waals surface area contributed by atoms with Crippen molar-refractivity contribution in [1.29, 1.82) is 0 Å². The van der Waals surface area contributed by atoms with E-state index in [1.807, 2.05) is 140 Å². The normalized spacial score (nSPS) is 17.1. The highest BCUT2D eigenvalue weighted by atomic mass is 35.5. The molecule has 0 atom stereocenters. The van der Waals surface area contributed by atoms with Crippen LogP contribution in [0.2, 0.25) is 10.0 Å². The van der Waals surface area contributed by atoms with Crippen molar-refractivity contribution in [3.8, 4) is 0 Å². The number of ketones is 3. The molecule has 0 saturated carbocycles. The van der Waals surface area contributed by atoms with Crippen molar-refractivity contribution >= 4 is 86.1 Å². The molecule has 3 aliphatic carbocycles. The predicted octanol–water partition coefficient (Wildman–Crippen LogP) is 13.7. The third kappa shape index (κ3) is 7.43. The van der Waals surface area contributed by atoms with Gasteiger partial charge in [0.1, 0.15) is 0 Å². The van der Waals surface area contributed by atoms with Crippen LogP contribution < -0.4 is 0 Å². The third-order valence-electron chi connectivity index (χ3n) is 11.5. The molecule has 0 bridgehead atoms. The maximum atomic E-state index is 14.7. The van der Waals surface area contributed by atoms with Crippen LogP contribution in [-0.4, -0.2) is 17.3 Å². The molecule has 9 rings (SSSR count). The summed E-state index contributed by atoms with van der Waals surface area (Å²) in [5, 5.41) is 1.04. The lowest BCUT2D eigenvalue weighted by molar-refractivity contribution is -0.111. The molecule has 0 saturated heterocycles. The van der Waals surface area contributed by atoms with E-state index in [1.54, 1.807) is 0 Å². The van der Waals surface area contributed by atoms with Gasteiger partial charge in [0, 0.05) is 57.2 Å². The van der Waals surface area contributed by atoms with E-state index in [0.717, 1.165) is 66.8 Å². The molecule has 0 N–H and O–H groups in total. The van der Waals surface area contributed by atoms with Crippen LogP contribution >= 0.6 is 23.2 Å². The summed E-state index contributed by atoms with van der Waals surface area (Å²) in [6.45, 7) is 6.12. The Morgan fingerprint density at radius 2 is 1.00 bits per heavy atom. The van der Waals surface area contributed by atoms with Crippen LogP contribution in [0.5, 0.6) is 0 Å². The fourth-order valence-electron chi connectivity index (χ4n) is 8.61. The van der Waals surface area contributed by atoms with Crippen LogP contribution in [0, 0.1) is 6.92 Å². The van der Waals surface area contributed by atoms with Crippen molar-refractivity contribution in [2.45, 2.75) is 26.2 Å². The molecule has 5 heteroatoms. The first-order valence-corrected chi connectivity index (χ1v) is 20.6. The minimum absolute atomic E-state index is 0.000796. The van der Waals surface area contributed by atoms with Gasteiger partial charge in [-0.05, 0) is 116 Å². The Kier molecular flexibility index (Phi) is 10.5. The molecule has 60 heavy (non-hydrogen) atoms. The highest BCUT2D eigenvalue weighted by Gasteiger charge is 2.33. The first kappa shape index (κ1) is 38.8. The highest BCUT2D eigenvalue weighted by molar-refractivity contribution is 6.42. The van der Waals surface area contributed by atoms with E-state index in [9.17, 15) is 14.4 Å². The second-order valence-electron chi connectivity index (χ2n) is 15.5. The smallest absolute Gasteiger partial charge is 0.190 e. The van der Waals surface area contributed by atoms with E-state index in [4.69, 9.17) is 23.2 Å². The van der Waals surface area contributed by atoms with Crippen LogP contribution in [0.25, 0.3) is 45.6 Å². The molecule has 0 spiro atoms. The summed E-state index contributed by atoms with van der Waals surface area (Å²) in [5.41, 5.74) is 14.2. The van der Waals surface area contributed by atoms with Crippen LogP contribution in [0.4, 0.5) is 0 Å². The molecule has 3 nitrogen and oxygen atoms in total. The topological polar surface area (TPSA) is 51.2 Å². The van der Waals surface area contributed by atoms with Gasteiger partial charge >= 0.3 is 0 Å². The van der Waals surface area contributed by atoms with Crippen molar-refractivity contribution in [3.05, 3.63) is 235 Å². The lowest BCUT2D eigenvalue weighted by Gasteiger charge is -2.10. The monoisotopic (exact) mass is 816 g/mol. The summed E-state index contributed by atoms with van der Waals surface area (Å²) in [6, 6.07) is 48.8.